The van der Waals surface area contributed by atoms with Gasteiger partial charge in [-0.3, -0.25) is 9.48 Å². The van der Waals surface area contributed by atoms with Crippen LogP contribution < -0.4 is 5.32 Å². The number of hydrogen-bond acceptors (Lipinski definition) is 3. The van der Waals surface area contributed by atoms with Gasteiger partial charge in [-0.25, -0.2) is 0 Å². The van der Waals surface area contributed by atoms with Crippen molar-refractivity contribution >= 4 is 5.91 Å². The molecule has 0 radical (unpaired) electrons. The van der Waals surface area contributed by atoms with Crippen LogP contribution in [0, 0.1) is 0 Å². The monoisotopic (exact) mass is 273 g/mol. The molecule has 0 saturated carbocycles. The van der Waals surface area contributed by atoms with E-state index in [1.165, 1.54) is 0 Å². The van der Waals surface area contributed by atoms with Gasteiger partial charge < -0.3 is 10.4 Å². The van der Waals surface area contributed by atoms with Crippen molar-refractivity contribution in [2.24, 2.45) is 0 Å². The summed E-state index contributed by atoms with van der Waals surface area (Å²) in [5.41, 5.74) is 0.912. The molecule has 0 bridgehead atoms. The highest BCUT2D eigenvalue weighted by Gasteiger charge is 2.12. The molecule has 5 heteroatoms. The summed E-state index contributed by atoms with van der Waals surface area (Å²) < 4.78 is 1.80. The molecule has 2 aromatic rings. The van der Waals surface area contributed by atoms with E-state index in [9.17, 15) is 9.90 Å². The Morgan fingerprint density at radius 3 is 2.75 bits per heavy atom. The highest BCUT2D eigenvalue weighted by molar-refractivity contribution is 5.76. The highest BCUT2D eigenvalue weighted by Crippen LogP contribution is 2.11. The number of aliphatic hydroxyl groups excluding tert-OH is 1. The number of nitrogens with zero attached hydrogens (tertiary/aromatic N) is 2. The van der Waals surface area contributed by atoms with Gasteiger partial charge in [0, 0.05) is 25.4 Å². The molecule has 0 aliphatic rings. The molecule has 106 valence electrons. The minimum atomic E-state index is -0.339. The van der Waals surface area contributed by atoms with Gasteiger partial charge >= 0.3 is 0 Å². The Bertz CT molecular complexity index is 511. The predicted octanol–water partition coefficient (Wildman–Crippen LogP) is 1.51. The van der Waals surface area contributed by atoms with Gasteiger partial charge in [0.2, 0.25) is 5.91 Å². The molecule has 1 amide bonds. The van der Waals surface area contributed by atoms with Gasteiger partial charge in [-0.1, -0.05) is 30.3 Å². The normalized spacial score (nSPS) is 12.1. The second-order valence-electron chi connectivity index (χ2n) is 4.59. The first-order valence-electron chi connectivity index (χ1n) is 6.72. The third-order valence-corrected chi connectivity index (χ3v) is 3.07. The van der Waals surface area contributed by atoms with Crippen molar-refractivity contribution < 1.29 is 9.90 Å². The summed E-state index contributed by atoms with van der Waals surface area (Å²) in [7, 11) is 0. The molecular formula is C15H19N3O2. The van der Waals surface area contributed by atoms with Gasteiger partial charge in [0.15, 0.2) is 0 Å². The maximum atomic E-state index is 11.9. The Kier molecular flexibility index (Phi) is 5.32. The lowest BCUT2D eigenvalue weighted by molar-refractivity contribution is -0.122. The van der Waals surface area contributed by atoms with Crippen molar-refractivity contribution in [1.82, 2.24) is 15.1 Å². The minimum Gasteiger partial charge on any atom is -0.394 e. The Morgan fingerprint density at radius 1 is 1.30 bits per heavy atom. The largest absolute Gasteiger partial charge is 0.394 e. The Balaban J connectivity index is 1.78. The summed E-state index contributed by atoms with van der Waals surface area (Å²) in [6.07, 6.45) is 4.74. The first-order valence-corrected chi connectivity index (χ1v) is 6.72. The average Bonchev–Trinajstić information content (AvgIpc) is 2.99. The summed E-state index contributed by atoms with van der Waals surface area (Å²) in [6, 6.07) is 11.0. The van der Waals surface area contributed by atoms with Gasteiger partial charge in [-0.05, 0) is 18.1 Å². The maximum absolute atomic E-state index is 11.9. The lowest BCUT2D eigenvalue weighted by Gasteiger charge is -2.16. The molecular weight excluding hydrogens is 254 g/mol. The summed E-state index contributed by atoms with van der Waals surface area (Å²) in [6.45, 7) is 0.616. The van der Waals surface area contributed by atoms with Crippen molar-refractivity contribution in [3.05, 3.63) is 54.4 Å². The van der Waals surface area contributed by atoms with Gasteiger partial charge in [-0.2, -0.15) is 5.10 Å². The van der Waals surface area contributed by atoms with Crippen LogP contribution in [0.3, 0.4) is 0 Å². The first-order chi connectivity index (χ1) is 9.79. The van der Waals surface area contributed by atoms with Crippen LogP contribution >= 0.6 is 0 Å². The van der Waals surface area contributed by atoms with E-state index in [2.05, 4.69) is 10.4 Å². The average molecular weight is 273 g/mol. The Labute approximate surface area is 118 Å². The van der Waals surface area contributed by atoms with Crippen molar-refractivity contribution in [3.63, 3.8) is 0 Å². The zero-order valence-electron chi connectivity index (χ0n) is 11.3. The molecule has 0 unspecified atom stereocenters. The van der Waals surface area contributed by atoms with E-state index in [-0.39, 0.29) is 18.6 Å². The maximum Gasteiger partial charge on any atom is 0.220 e. The number of rotatable bonds is 7. The highest BCUT2D eigenvalue weighted by atomic mass is 16.3. The lowest BCUT2D eigenvalue weighted by atomic mass is 10.1. The number of nitrogens with one attached hydrogen (secondary N) is 1. The molecule has 20 heavy (non-hydrogen) atoms. The molecule has 1 aromatic carbocycles. The third kappa shape index (κ3) is 4.20. The molecule has 5 nitrogen and oxygen atoms in total. The van der Waals surface area contributed by atoms with Crippen molar-refractivity contribution in [1.29, 1.82) is 0 Å². The first kappa shape index (κ1) is 14.3. The number of aryl methyl sites for hydroxylation is 1. The van der Waals surface area contributed by atoms with Gasteiger partial charge in [0.05, 0.1) is 12.6 Å². The van der Waals surface area contributed by atoms with Crippen molar-refractivity contribution in [2.75, 3.05) is 6.61 Å². The van der Waals surface area contributed by atoms with Crippen molar-refractivity contribution in [3.8, 4) is 0 Å². The molecule has 0 aliphatic heterocycles. The zero-order valence-corrected chi connectivity index (χ0v) is 11.3. The number of carbonyl (C=O) groups excluding carboxylic acids is 1. The van der Waals surface area contributed by atoms with E-state index >= 15 is 0 Å². The second-order valence-corrected chi connectivity index (χ2v) is 4.59. The third-order valence-electron chi connectivity index (χ3n) is 3.07. The fraction of sp³-hybridized carbons (Fsp3) is 0.333. The summed E-state index contributed by atoms with van der Waals surface area (Å²) >= 11 is 0. The van der Waals surface area contributed by atoms with E-state index in [0.717, 1.165) is 18.5 Å². The minimum absolute atomic E-state index is 0.0555. The fourth-order valence-electron chi connectivity index (χ4n) is 2.02. The summed E-state index contributed by atoms with van der Waals surface area (Å²) in [5, 5.41) is 16.3. The Hall–Kier alpha value is -2.14. The van der Waals surface area contributed by atoms with Crippen LogP contribution in [-0.2, 0) is 11.3 Å². The summed E-state index contributed by atoms with van der Waals surface area (Å²) in [4.78, 5) is 11.9. The van der Waals surface area contributed by atoms with Crippen LogP contribution in [0.5, 0.6) is 0 Å². The fourth-order valence-corrected chi connectivity index (χ4v) is 2.02. The molecule has 1 heterocycles. The van der Waals surface area contributed by atoms with Crippen LogP contribution in [0.4, 0.5) is 0 Å². The molecule has 2 N–H and O–H groups in total. The van der Waals surface area contributed by atoms with Crippen molar-refractivity contribution in [2.45, 2.75) is 25.4 Å². The molecule has 1 atom stereocenters. The number of aliphatic hydroxyl groups is 1. The van der Waals surface area contributed by atoms with Crippen LogP contribution in [0.1, 0.15) is 24.4 Å². The van der Waals surface area contributed by atoms with Crippen LogP contribution in [0.15, 0.2) is 48.8 Å². The van der Waals surface area contributed by atoms with E-state index < -0.39 is 0 Å². The van der Waals surface area contributed by atoms with Crippen LogP contribution in [-0.4, -0.2) is 27.4 Å². The second kappa shape index (κ2) is 7.45. The topological polar surface area (TPSA) is 67.2 Å². The SMILES string of the molecule is O=C(CCCn1cccn1)N[C@H](CO)c1ccccc1. The van der Waals surface area contributed by atoms with E-state index in [1.54, 1.807) is 10.9 Å². The van der Waals surface area contributed by atoms with Gasteiger partial charge in [0.1, 0.15) is 0 Å². The lowest BCUT2D eigenvalue weighted by Crippen LogP contribution is -2.30. The van der Waals surface area contributed by atoms with Crippen LogP contribution in [0.25, 0.3) is 0 Å². The smallest absolute Gasteiger partial charge is 0.220 e. The molecule has 1 aromatic heterocycles. The number of amides is 1. The molecule has 0 aliphatic carbocycles. The van der Waals surface area contributed by atoms with E-state index in [0.29, 0.717) is 6.42 Å². The standard InChI is InChI=1S/C15H19N3O2/c19-12-14(13-6-2-1-3-7-13)17-15(20)8-4-10-18-11-5-9-16-18/h1-3,5-7,9,11,14,19H,4,8,10,12H2,(H,17,20)/t14-/m1/s1. The van der Waals surface area contributed by atoms with Gasteiger partial charge in [-0.15, -0.1) is 0 Å². The zero-order chi connectivity index (χ0) is 14.2. The van der Waals surface area contributed by atoms with E-state index in [1.807, 2.05) is 42.6 Å². The predicted molar refractivity (Wildman–Crippen MR) is 75.9 cm³/mol. The molecule has 0 saturated heterocycles. The molecule has 0 fully saturated rings. The number of carbonyl (C=O) groups is 1. The quantitative estimate of drug-likeness (QED) is 0.803. The molecule has 2 rings (SSSR count). The Morgan fingerprint density at radius 2 is 2.10 bits per heavy atom. The number of benzene rings is 1. The number of hydrogen-bond donors (Lipinski definition) is 2. The molecule has 0 spiro atoms. The number of aromatic nitrogens is 2. The van der Waals surface area contributed by atoms with E-state index in [4.69, 9.17) is 0 Å². The van der Waals surface area contributed by atoms with Crippen LogP contribution in [0.2, 0.25) is 0 Å². The van der Waals surface area contributed by atoms with Gasteiger partial charge in [0.25, 0.3) is 0 Å². The summed E-state index contributed by atoms with van der Waals surface area (Å²) in [5.74, 6) is -0.0555.